The Balaban J connectivity index is 2.15. The second kappa shape index (κ2) is 4.81. The smallest absolute Gasteiger partial charge is 0.137 e. The highest BCUT2D eigenvalue weighted by Gasteiger charge is 2.03. The van der Waals surface area contributed by atoms with Crippen LogP contribution in [-0.2, 0) is 11.3 Å². The first kappa shape index (κ1) is 10.7. The van der Waals surface area contributed by atoms with Crippen molar-refractivity contribution >= 4 is 0 Å². The first-order chi connectivity index (χ1) is 7.79. The molecule has 0 fully saturated rings. The number of hydrogen-bond acceptors (Lipinski definition) is 3. The first-order valence-corrected chi connectivity index (χ1v) is 5.20. The Labute approximate surface area is 93.9 Å². The maximum atomic E-state index is 9.17. The highest BCUT2D eigenvalue weighted by atomic mass is 16.5. The van der Waals surface area contributed by atoms with E-state index in [2.05, 4.69) is 9.97 Å². The molecule has 0 atom stereocenters. The van der Waals surface area contributed by atoms with Crippen LogP contribution >= 0.6 is 0 Å². The standard InChI is InChI=1S/C12H14N2O2/c1-2-16-8-10-7-13-12(14-10)9-3-5-11(15)6-4-9/h3-7,15H,2,8H2,1H3,(H,13,14). The summed E-state index contributed by atoms with van der Waals surface area (Å²) in [6.07, 6.45) is 1.76. The summed E-state index contributed by atoms with van der Waals surface area (Å²) in [5.74, 6) is 1.04. The second-order valence-corrected chi connectivity index (χ2v) is 3.44. The van der Waals surface area contributed by atoms with Crippen molar-refractivity contribution in [1.82, 2.24) is 9.97 Å². The zero-order valence-electron chi connectivity index (χ0n) is 9.10. The van der Waals surface area contributed by atoms with Crippen molar-refractivity contribution in [2.24, 2.45) is 0 Å². The molecule has 0 radical (unpaired) electrons. The van der Waals surface area contributed by atoms with Gasteiger partial charge in [0.25, 0.3) is 0 Å². The molecule has 4 nitrogen and oxygen atoms in total. The summed E-state index contributed by atoms with van der Waals surface area (Å²) >= 11 is 0. The summed E-state index contributed by atoms with van der Waals surface area (Å²) in [5, 5.41) is 9.17. The number of aromatic hydroxyl groups is 1. The van der Waals surface area contributed by atoms with Crippen LogP contribution in [-0.4, -0.2) is 21.7 Å². The number of H-pyrrole nitrogens is 1. The quantitative estimate of drug-likeness (QED) is 0.828. The largest absolute Gasteiger partial charge is 0.508 e. The zero-order chi connectivity index (χ0) is 11.4. The number of phenolic OH excluding ortho intramolecular Hbond substituents is 1. The van der Waals surface area contributed by atoms with E-state index in [1.165, 1.54) is 0 Å². The molecule has 0 bridgehead atoms. The molecule has 0 aliphatic rings. The highest BCUT2D eigenvalue weighted by molar-refractivity contribution is 5.56. The predicted molar refractivity (Wildman–Crippen MR) is 61.0 cm³/mol. The van der Waals surface area contributed by atoms with E-state index >= 15 is 0 Å². The van der Waals surface area contributed by atoms with E-state index < -0.39 is 0 Å². The van der Waals surface area contributed by atoms with Gasteiger partial charge in [-0.15, -0.1) is 0 Å². The topological polar surface area (TPSA) is 58.1 Å². The van der Waals surface area contributed by atoms with E-state index in [-0.39, 0.29) is 5.75 Å². The Bertz CT molecular complexity index is 448. The van der Waals surface area contributed by atoms with Gasteiger partial charge in [0.1, 0.15) is 11.6 Å². The number of nitrogens with zero attached hydrogens (tertiary/aromatic N) is 1. The van der Waals surface area contributed by atoms with E-state index in [4.69, 9.17) is 4.74 Å². The van der Waals surface area contributed by atoms with E-state index in [1.807, 2.05) is 19.1 Å². The summed E-state index contributed by atoms with van der Waals surface area (Å²) in [5.41, 5.74) is 1.89. The average Bonchev–Trinajstić information content (AvgIpc) is 2.76. The Morgan fingerprint density at radius 1 is 1.31 bits per heavy atom. The van der Waals surface area contributed by atoms with Crippen LogP contribution in [0.3, 0.4) is 0 Å². The number of hydrogen-bond donors (Lipinski definition) is 2. The number of imidazole rings is 1. The van der Waals surface area contributed by atoms with Gasteiger partial charge in [0.2, 0.25) is 0 Å². The van der Waals surface area contributed by atoms with Crippen LogP contribution < -0.4 is 0 Å². The van der Waals surface area contributed by atoms with Gasteiger partial charge < -0.3 is 14.8 Å². The molecule has 2 rings (SSSR count). The third-order valence-corrected chi connectivity index (χ3v) is 2.23. The number of phenols is 1. The molecule has 0 aliphatic carbocycles. The lowest BCUT2D eigenvalue weighted by Crippen LogP contribution is -1.91. The van der Waals surface area contributed by atoms with Crippen LogP contribution in [0.2, 0.25) is 0 Å². The van der Waals surface area contributed by atoms with E-state index in [0.29, 0.717) is 13.2 Å². The van der Waals surface area contributed by atoms with Gasteiger partial charge in [0, 0.05) is 12.2 Å². The monoisotopic (exact) mass is 218 g/mol. The second-order valence-electron chi connectivity index (χ2n) is 3.44. The number of rotatable bonds is 4. The van der Waals surface area contributed by atoms with Crippen molar-refractivity contribution in [1.29, 1.82) is 0 Å². The van der Waals surface area contributed by atoms with Gasteiger partial charge in [0.05, 0.1) is 18.5 Å². The van der Waals surface area contributed by atoms with Crippen LogP contribution in [0.4, 0.5) is 0 Å². The number of ether oxygens (including phenoxy) is 1. The van der Waals surface area contributed by atoms with E-state index in [9.17, 15) is 5.11 Å². The fourth-order valence-electron chi connectivity index (χ4n) is 1.41. The fraction of sp³-hybridized carbons (Fsp3) is 0.250. The van der Waals surface area contributed by atoms with Gasteiger partial charge in [0.15, 0.2) is 0 Å². The molecule has 0 saturated heterocycles. The molecule has 0 unspecified atom stereocenters. The number of benzene rings is 1. The molecular formula is C12H14N2O2. The fourth-order valence-corrected chi connectivity index (χ4v) is 1.41. The van der Waals surface area contributed by atoms with Crippen LogP contribution in [0.25, 0.3) is 11.4 Å². The van der Waals surface area contributed by atoms with Crippen molar-refractivity contribution < 1.29 is 9.84 Å². The Kier molecular flexibility index (Phi) is 3.22. The molecule has 0 saturated carbocycles. The van der Waals surface area contributed by atoms with Crippen molar-refractivity contribution in [2.45, 2.75) is 13.5 Å². The zero-order valence-corrected chi connectivity index (χ0v) is 9.10. The molecule has 0 amide bonds. The summed E-state index contributed by atoms with van der Waals surface area (Å²) in [6.45, 7) is 3.19. The van der Waals surface area contributed by atoms with Crippen molar-refractivity contribution in [2.75, 3.05) is 6.61 Å². The molecular weight excluding hydrogens is 204 g/mol. The summed E-state index contributed by atoms with van der Waals surface area (Å²) in [7, 11) is 0. The van der Waals surface area contributed by atoms with Crippen molar-refractivity contribution in [3.63, 3.8) is 0 Å². The van der Waals surface area contributed by atoms with E-state index in [1.54, 1.807) is 18.3 Å². The van der Waals surface area contributed by atoms with Crippen LogP contribution in [0, 0.1) is 0 Å². The van der Waals surface area contributed by atoms with Gasteiger partial charge in [-0.2, -0.15) is 0 Å². The van der Waals surface area contributed by atoms with Gasteiger partial charge in [-0.25, -0.2) is 4.98 Å². The third-order valence-electron chi connectivity index (χ3n) is 2.23. The molecule has 1 aromatic carbocycles. The Morgan fingerprint density at radius 2 is 2.06 bits per heavy atom. The minimum absolute atomic E-state index is 0.254. The molecule has 4 heteroatoms. The molecule has 1 heterocycles. The SMILES string of the molecule is CCOCc1cnc(-c2ccc(O)cc2)[nH]1. The van der Waals surface area contributed by atoms with E-state index in [0.717, 1.165) is 17.1 Å². The Morgan fingerprint density at radius 3 is 2.75 bits per heavy atom. The molecule has 0 aliphatic heterocycles. The lowest BCUT2D eigenvalue weighted by atomic mass is 10.2. The first-order valence-electron chi connectivity index (χ1n) is 5.20. The summed E-state index contributed by atoms with van der Waals surface area (Å²) in [4.78, 5) is 7.42. The molecule has 1 aromatic heterocycles. The van der Waals surface area contributed by atoms with Gasteiger partial charge >= 0.3 is 0 Å². The van der Waals surface area contributed by atoms with Crippen LogP contribution in [0.15, 0.2) is 30.5 Å². The van der Waals surface area contributed by atoms with Gasteiger partial charge in [-0.1, -0.05) is 0 Å². The lowest BCUT2D eigenvalue weighted by Gasteiger charge is -1.98. The number of aromatic amines is 1. The summed E-state index contributed by atoms with van der Waals surface area (Å²) < 4.78 is 5.28. The van der Waals surface area contributed by atoms with Crippen molar-refractivity contribution in [3.05, 3.63) is 36.2 Å². The molecule has 2 N–H and O–H groups in total. The lowest BCUT2D eigenvalue weighted by molar-refractivity contribution is 0.131. The maximum Gasteiger partial charge on any atom is 0.137 e. The molecule has 0 spiro atoms. The summed E-state index contributed by atoms with van der Waals surface area (Å²) in [6, 6.07) is 6.91. The normalized spacial score (nSPS) is 10.6. The molecule has 2 aromatic rings. The van der Waals surface area contributed by atoms with Crippen LogP contribution in [0.5, 0.6) is 5.75 Å². The van der Waals surface area contributed by atoms with Crippen LogP contribution in [0.1, 0.15) is 12.6 Å². The number of nitrogens with one attached hydrogen (secondary N) is 1. The highest BCUT2D eigenvalue weighted by Crippen LogP contribution is 2.18. The molecule has 84 valence electrons. The minimum Gasteiger partial charge on any atom is -0.508 e. The maximum absolute atomic E-state index is 9.17. The number of aromatic nitrogens is 2. The minimum atomic E-state index is 0.254. The average molecular weight is 218 g/mol. The predicted octanol–water partition coefficient (Wildman–Crippen LogP) is 2.32. The Hall–Kier alpha value is -1.81. The van der Waals surface area contributed by atoms with Gasteiger partial charge in [-0.05, 0) is 31.2 Å². The molecule has 16 heavy (non-hydrogen) atoms. The third kappa shape index (κ3) is 2.41. The van der Waals surface area contributed by atoms with Crippen molar-refractivity contribution in [3.8, 4) is 17.1 Å². The van der Waals surface area contributed by atoms with Gasteiger partial charge in [-0.3, -0.25) is 0 Å².